The quantitative estimate of drug-likeness (QED) is 0.0339. The summed E-state index contributed by atoms with van der Waals surface area (Å²) in [6.45, 7) is 11.9. The Morgan fingerprint density at radius 1 is 0.436 bits per heavy atom. The summed E-state index contributed by atoms with van der Waals surface area (Å²) in [5.41, 5.74) is 7.05. The van der Waals surface area contributed by atoms with Crippen molar-refractivity contribution >= 4 is 29.8 Å². The standard InChI is InChI=1S/C21H21NO4.C20H19NO4.C19H19NO3.4CH4/c1-4-21(2,3)20(24)25-14-19(23)26-18-11-9-17(10-12-18)16-7-5-15(13-22)6-8-16;1-3-14(2)20(23)24-13-19(22)25-18-10-8-17(9-11-18)16-6-4-15(12-21)5-7-16;1-3-14(2)19(21)23-13-22-18-10-8-17(9-11-18)16-6-4-15(12-20)5-7-16;;;;/h5-12H,4,14H2,1-3H3;4-11,14H,3,13H2,1-2H3;4-11,14H,3,13H2,1-2H3;4*1H4. The number of rotatable bonds is 18. The number of esters is 5. The van der Waals surface area contributed by atoms with E-state index < -0.39 is 42.5 Å². The zero-order chi connectivity index (χ0) is 54.0. The van der Waals surface area contributed by atoms with E-state index in [1.165, 1.54) is 0 Å². The highest BCUT2D eigenvalue weighted by Gasteiger charge is 2.28. The van der Waals surface area contributed by atoms with Crippen LogP contribution >= 0.6 is 0 Å². The van der Waals surface area contributed by atoms with E-state index in [1.54, 1.807) is 81.4 Å². The third-order valence-electron chi connectivity index (χ3n) is 11.6. The van der Waals surface area contributed by atoms with E-state index in [2.05, 4.69) is 18.2 Å². The zero-order valence-corrected chi connectivity index (χ0v) is 42.6. The average Bonchev–Trinajstić information content (AvgIpc) is 3.44. The van der Waals surface area contributed by atoms with E-state index in [4.69, 9.17) is 44.2 Å². The highest BCUT2D eigenvalue weighted by Crippen LogP contribution is 2.26. The molecular formula is C64H75N3O11. The summed E-state index contributed by atoms with van der Waals surface area (Å²) in [5.74, 6) is -1.29. The van der Waals surface area contributed by atoms with Crippen LogP contribution in [0.2, 0.25) is 0 Å². The Balaban J connectivity index is 0.00000111. The molecule has 412 valence electrons. The molecule has 0 spiro atoms. The van der Waals surface area contributed by atoms with Gasteiger partial charge in [-0.3, -0.25) is 14.4 Å². The fourth-order valence-electron chi connectivity index (χ4n) is 6.08. The van der Waals surface area contributed by atoms with Crippen molar-refractivity contribution in [2.24, 2.45) is 17.3 Å². The van der Waals surface area contributed by atoms with Gasteiger partial charge in [0.1, 0.15) is 17.2 Å². The van der Waals surface area contributed by atoms with Crippen LogP contribution in [0.15, 0.2) is 146 Å². The van der Waals surface area contributed by atoms with E-state index in [9.17, 15) is 24.0 Å². The molecule has 0 aromatic heterocycles. The minimum absolute atomic E-state index is 0. The predicted molar refractivity (Wildman–Crippen MR) is 304 cm³/mol. The maximum absolute atomic E-state index is 11.8. The largest absolute Gasteiger partial charge is 0.457 e. The summed E-state index contributed by atoms with van der Waals surface area (Å²) < 4.78 is 30.7. The van der Waals surface area contributed by atoms with Crippen LogP contribution in [0.1, 0.15) is 114 Å². The minimum atomic E-state index is -0.628. The fraction of sp³-hybridized carbons (Fsp3) is 0.312. The molecule has 6 rings (SSSR count). The third-order valence-corrected chi connectivity index (χ3v) is 11.6. The van der Waals surface area contributed by atoms with Gasteiger partial charge in [-0.2, -0.15) is 15.8 Å². The summed E-state index contributed by atoms with van der Waals surface area (Å²) in [6, 6.07) is 49.5. The summed E-state index contributed by atoms with van der Waals surface area (Å²) in [4.78, 5) is 58.5. The van der Waals surface area contributed by atoms with Gasteiger partial charge in [0.25, 0.3) is 0 Å². The molecule has 0 aliphatic heterocycles. The van der Waals surface area contributed by atoms with E-state index in [1.807, 2.05) is 113 Å². The van der Waals surface area contributed by atoms with E-state index in [-0.39, 0.29) is 54.3 Å². The van der Waals surface area contributed by atoms with Crippen molar-refractivity contribution in [3.05, 3.63) is 162 Å². The predicted octanol–water partition coefficient (Wildman–Crippen LogP) is 14.5. The second-order valence-electron chi connectivity index (χ2n) is 17.4. The monoisotopic (exact) mass is 1060 g/mol. The number of nitriles is 3. The van der Waals surface area contributed by atoms with Crippen LogP contribution in [-0.2, 0) is 38.2 Å². The van der Waals surface area contributed by atoms with Gasteiger partial charge in [0.05, 0.1) is 52.1 Å². The molecule has 78 heavy (non-hydrogen) atoms. The lowest BCUT2D eigenvalue weighted by Gasteiger charge is -2.19. The molecule has 0 aliphatic carbocycles. The van der Waals surface area contributed by atoms with Gasteiger partial charge in [-0.15, -0.1) is 0 Å². The number of ether oxygens (including phenoxy) is 6. The molecule has 6 aromatic rings. The Bertz CT molecular complexity index is 2910. The van der Waals surface area contributed by atoms with Crippen molar-refractivity contribution in [1.82, 2.24) is 0 Å². The summed E-state index contributed by atoms with van der Waals surface area (Å²) in [5, 5.41) is 26.4. The van der Waals surface area contributed by atoms with Crippen molar-refractivity contribution in [3.8, 4) is 68.8 Å². The van der Waals surface area contributed by atoms with Gasteiger partial charge >= 0.3 is 29.8 Å². The lowest BCUT2D eigenvalue weighted by molar-refractivity contribution is -0.161. The molecule has 0 N–H and O–H groups in total. The number of carbonyl (C=O) groups is 5. The van der Waals surface area contributed by atoms with Crippen molar-refractivity contribution in [3.63, 3.8) is 0 Å². The van der Waals surface area contributed by atoms with Crippen LogP contribution < -0.4 is 14.2 Å². The third kappa shape index (κ3) is 22.4. The first-order chi connectivity index (χ1) is 35.5. The topological polar surface area (TPSA) is 212 Å². The average molecular weight is 1060 g/mol. The first kappa shape index (κ1) is 68.9. The SMILES string of the molecule is C.C.C.C.CCC(C)(C)C(=O)OCC(=O)Oc1ccc(-c2ccc(C#N)cc2)cc1.CCC(C)C(=O)OCC(=O)Oc1ccc(-c2ccc(C#N)cc2)cc1.CCC(C)C(=O)OCOc1ccc(-c2ccc(C#N)cc2)cc1. The molecule has 14 heteroatoms. The number of nitrogens with zero attached hydrogens (tertiary/aromatic N) is 3. The maximum atomic E-state index is 11.8. The molecule has 0 heterocycles. The molecular weight excluding hydrogens is 987 g/mol. The van der Waals surface area contributed by atoms with Gasteiger partial charge < -0.3 is 28.4 Å². The molecule has 0 saturated carbocycles. The van der Waals surface area contributed by atoms with Gasteiger partial charge in [0.2, 0.25) is 6.79 Å². The number of carbonyl (C=O) groups excluding carboxylic acids is 5. The zero-order valence-electron chi connectivity index (χ0n) is 42.6. The van der Waals surface area contributed by atoms with Crippen LogP contribution in [0.25, 0.3) is 33.4 Å². The molecule has 2 unspecified atom stereocenters. The van der Waals surface area contributed by atoms with Gasteiger partial charge in [0.15, 0.2) is 13.2 Å². The Morgan fingerprint density at radius 2 is 0.718 bits per heavy atom. The van der Waals surface area contributed by atoms with E-state index in [0.717, 1.165) is 39.8 Å². The Hall–Kier alpha value is -9.06. The van der Waals surface area contributed by atoms with Crippen LogP contribution in [0, 0.1) is 51.2 Å². The van der Waals surface area contributed by atoms with Gasteiger partial charge in [-0.05, 0) is 139 Å². The van der Waals surface area contributed by atoms with Gasteiger partial charge in [-0.25, -0.2) is 9.59 Å². The summed E-state index contributed by atoms with van der Waals surface area (Å²) in [7, 11) is 0. The lowest BCUT2D eigenvalue weighted by atomic mass is 9.91. The Labute approximate surface area is 462 Å². The molecule has 0 radical (unpaired) electrons. The van der Waals surface area contributed by atoms with Crippen LogP contribution in [0.5, 0.6) is 17.2 Å². The van der Waals surface area contributed by atoms with E-state index >= 15 is 0 Å². The fourth-order valence-corrected chi connectivity index (χ4v) is 6.08. The normalized spacial score (nSPS) is 10.5. The van der Waals surface area contributed by atoms with E-state index in [0.29, 0.717) is 46.8 Å². The molecule has 0 bridgehead atoms. The molecule has 14 nitrogen and oxygen atoms in total. The Morgan fingerprint density at radius 3 is 1.01 bits per heavy atom. The molecule has 0 fully saturated rings. The van der Waals surface area contributed by atoms with Crippen molar-refractivity contribution in [1.29, 1.82) is 15.8 Å². The van der Waals surface area contributed by atoms with Gasteiger partial charge in [-0.1, -0.05) is 137 Å². The highest BCUT2D eigenvalue weighted by molar-refractivity contribution is 5.81. The van der Waals surface area contributed by atoms with Crippen molar-refractivity contribution < 1.29 is 52.4 Å². The van der Waals surface area contributed by atoms with Crippen LogP contribution in [0.3, 0.4) is 0 Å². The first-order valence-electron chi connectivity index (χ1n) is 23.9. The second kappa shape index (κ2) is 35.2. The number of hydrogen-bond acceptors (Lipinski definition) is 14. The minimum Gasteiger partial charge on any atom is -0.457 e. The number of benzene rings is 6. The second-order valence-corrected chi connectivity index (χ2v) is 17.4. The smallest absolute Gasteiger partial charge is 0.349 e. The summed E-state index contributed by atoms with van der Waals surface area (Å²) >= 11 is 0. The van der Waals surface area contributed by atoms with Crippen molar-refractivity contribution in [2.45, 2.75) is 97.4 Å². The molecule has 2 atom stereocenters. The van der Waals surface area contributed by atoms with Crippen LogP contribution in [0.4, 0.5) is 0 Å². The maximum Gasteiger partial charge on any atom is 0.349 e. The van der Waals surface area contributed by atoms with Gasteiger partial charge in [0, 0.05) is 0 Å². The highest BCUT2D eigenvalue weighted by atomic mass is 16.7. The number of hydrogen-bond donors (Lipinski definition) is 0. The first-order valence-corrected chi connectivity index (χ1v) is 23.9. The lowest BCUT2D eigenvalue weighted by Crippen LogP contribution is -2.29. The van der Waals surface area contributed by atoms with Crippen LogP contribution in [-0.4, -0.2) is 49.9 Å². The molecule has 0 amide bonds. The van der Waals surface area contributed by atoms with Crippen molar-refractivity contribution in [2.75, 3.05) is 20.0 Å². The summed E-state index contributed by atoms with van der Waals surface area (Å²) in [6.07, 6.45) is 2.03. The molecule has 0 aliphatic rings. The molecule has 0 saturated heterocycles. The Kier molecular flexibility index (Phi) is 31.2. The molecule has 6 aromatic carbocycles.